The highest BCUT2D eigenvalue weighted by Crippen LogP contribution is 2.51. The summed E-state index contributed by atoms with van der Waals surface area (Å²) in [5.41, 5.74) is 2.81. The van der Waals surface area contributed by atoms with Crippen molar-refractivity contribution in [2.24, 2.45) is 10.4 Å². The van der Waals surface area contributed by atoms with E-state index in [1.807, 2.05) is 6.21 Å². The van der Waals surface area contributed by atoms with Crippen molar-refractivity contribution in [1.82, 2.24) is 0 Å². The van der Waals surface area contributed by atoms with Gasteiger partial charge < -0.3 is 14.2 Å². The molecule has 4 nitrogen and oxygen atoms in total. The second-order valence-corrected chi connectivity index (χ2v) is 7.18. The van der Waals surface area contributed by atoms with Crippen LogP contribution in [0.4, 0.5) is 0 Å². The normalized spacial score (nSPS) is 24.2. The molecule has 1 fully saturated rings. The van der Waals surface area contributed by atoms with E-state index in [1.54, 1.807) is 14.2 Å². The minimum Gasteiger partial charge on any atom is -0.493 e. The molecular formula is C19H27NO3. The van der Waals surface area contributed by atoms with Crippen LogP contribution in [0.5, 0.6) is 11.5 Å². The predicted molar refractivity (Wildman–Crippen MR) is 92.1 cm³/mol. The lowest BCUT2D eigenvalue weighted by molar-refractivity contribution is 0.170. The number of benzene rings is 1. The highest BCUT2D eigenvalue weighted by atomic mass is 16.5. The lowest BCUT2D eigenvalue weighted by Crippen LogP contribution is -2.28. The zero-order chi connectivity index (χ0) is 16.4. The molecule has 1 aromatic rings. The van der Waals surface area contributed by atoms with Crippen LogP contribution in [0, 0.1) is 5.41 Å². The summed E-state index contributed by atoms with van der Waals surface area (Å²) in [4.78, 5) is 4.84. The van der Waals surface area contributed by atoms with E-state index in [0.29, 0.717) is 25.2 Å². The number of aliphatic imine (C=N–C) groups is 1. The number of fused-ring (bicyclic) bond motifs is 3. The van der Waals surface area contributed by atoms with Crippen LogP contribution in [0.3, 0.4) is 0 Å². The average Bonchev–Trinajstić information content (AvgIpc) is 2.86. The number of rotatable bonds is 6. The molecule has 126 valence electrons. The average molecular weight is 317 g/mol. The second kappa shape index (κ2) is 6.52. The van der Waals surface area contributed by atoms with Crippen molar-refractivity contribution in [3.8, 4) is 11.5 Å². The van der Waals surface area contributed by atoms with Gasteiger partial charge in [-0.3, -0.25) is 4.99 Å². The van der Waals surface area contributed by atoms with E-state index < -0.39 is 0 Å². The van der Waals surface area contributed by atoms with Gasteiger partial charge in [0.25, 0.3) is 0 Å². The summed E-state index contributed by atoms with van der Waals surface area (Å²) >= 11 is 0. The maximum Gasteiger partial charge on any atom is 0.161 e. The quantitative estimate of drug-likeness (QED) is 0.749. The van der Waals surface area contributed by atoms with E-state index in [0.717, 1.165) is 17.9 Å². The van der Waals surface area contributed by atoms with E-state index in [-0.39, 0.29) is 5.41 Å². The Morgan fingerprint density at radius 2 is 2.00 bits per heavy atom. The van der Waals surface area contributed by atoms with Crippen molar-refractivity contribution in [3.63, 3.8) is 0 Å². The maximum absolute atomic E-state index is 5.95. The zero-order valence-electron chi connectivity index (χ0n) is 14.6. The molecule has 3 rings (SSSR count). The smallest absolute Gasteiger partial charge is 0.161 e. The SMILES string of the molecule is COCCCOc1cc2c(cc1OC)C=N[C@H]1[C@H]2CCC1(C)C. The summed E-state index contributed by atoms with van der Waals surface area (Å²) < 4.78 is 16.5. The fourth-order valence-electron chi connectivity index (χ4n) is 3.85. The summed E-state index contributed by atoms with van der Waals surface area (Å²) in [5.74, 6) is 2.11. The molecule has 2 aliphatic rings. The molecule has 1 saturated carbocycles. The molecule has 0 bridgehead atoms. The summed E-state index contributed by atoms with van der Waals surface area (Å²) in [6.45, 7) is 5.99. The first-order chi connectivity index (χ1) is 11.1. The first-order valence-electron chi connectivity index (χ1n) is 8.43. The van der Waals surface area contributed by atoms with Crippen LogP contribution in [-0.2, 0) is 4.74 Å². The predicted octanol–water partition coefficient (Wildman–Crippen LogP) is 3.82. The number of ether oxygens (including phenoxy) is 3. The number of hydrogen-bond donors (Lipinski definition) is 0. The molecule has 1 heterocycles. The van der Waals surface area contributed by atoms with Gasteiger partial charge in [-0.2, -0.15) is 0 Å². The van der Waals surface area contributed by atoms with Crippen LogP contribution in [-0.4, -0.2) is 39.7 Å². The van der Waals surface area contributed by atoms with Crippen molar-refractivity contribution in [2.75, 3.05) is 27.4 Å². The molecule has 2 atom stereocenters. The third kappa shape index (κ3) is 3.09. The molecule has 0 unspecified atom stereocenters. The molecule has 23 heavy (non-hydrogen) atoms. The lowest BCUT2D eigenvalue weighted by atomic mass is 9.80. The second-order valence-electron chi connectivity index (χ2n) is 7.18. The first-order valence-corrected chi connectivity index (χ1v) is 8.43. The van der Waals surface area contributed by atoms with Crippen molar-refractivity contribution in [3.05, 3.63) is 23.3 Å². The van der Waals surface area contributed by atoms with E-state index >= 15 is 0 Å². The minimum atomic E-state index is 0.276. The van der Waals surface area contributed by atoms with Gasteiger partial charge in [-0.05, 0) is 41.5 Å². The topological polar surface area (TPSA) is 40.0 Å². The van der Waals surface area contributed by atoms with Crippen molar-refractivity contribution in [1.29, 1.82) is 0 Å². The Bertz CT molecular complexity index is 595. The van der Waals surface area contributed by atoms with Crippen molar-refractivity contribution < 1.29 is 14.2 Å². The van der Waals surface area contributed by atoms with Crippen LogP contribution in [0.1, 0.15) is 50.2 Å². The standard InChI is InChI=1S/C19H27NO3/c1-19(2)7-6-14-15-11-17(23-9-5-8-21-3)16(22-4)10-13(15)12-20-18(14)19/h10-12,14,18H,5-9H2,1-4H3/t14-,18-/m0/s1. The molecule has 4 heteroatoms. The highest BCUT2D eigenvalue weighted by Gasteiger charge is 2.44. The van der Waals surface area contributed by atoms with Gasteiger partial charge in [0, 0.05) is 32.3 Å². The fourth-order valence-corrected chi connectivity index (χ4v) is 3.85. The Balaban J connectivity index is 1.87. The third-order valence-electron chi connectivity index (χ3n) is 5.17. The zero-order valence-corrected chi connectivity index (χ0v) is 14.6. The third-order valence-corrected chi connectivity index (χ3v) is 5.17. The number of nitrogens with zero attached hydrogens (tertiary/aromatic N) is 1. The van der Waals surface area contributed by atoms with E-state index in [2.05, 4.69) is 26.0 Å². The lowest BCUT2D eigenvalue weighted by Gasteiger charge is -2.31. The van der Waals surface area contributed by atoms with Gasteiger partial charge in [-0.1, -0.05) is 13.8 Å². The van der Waals surface area contributed by atoms with E-state index in [1.165, 1.54) is 24.0 Å². The Hall–Kier alpha value is -1.55. The summed E-state index contributed by atoms with van der Waals surface area (Å²) in [6, 6.07) is 4.61. The van der Waals surface area contributed by atoms with Crippen LogP contribution < -0.4 is 9.47 Å². The maximum atomic E-state index is 5.95. The first kappa shape index (κ1) is 16.3. The molecule has 0 amide bonds. The van der Waals surface area contributed by atoms with E-state index in [4.69, 9.17) is 19.2 Å². The van der Waals surface area contributed by atoms with Crippen LogP contribution >= 0.6 is 0 Å². The molecule has 0 N–H and O–H groups in total. The molecule has 0 aromatic heterocycles. The summed E-state index contributed by atoms with van der Waals surface area (Å²) in [6.07, 6.45) is 5.30. The van der Waals surface area contributed by atoms with Gasteiger partial charge in [-0.25, -0.2) is 0 Å². The van der Waals surface area contributed by atoms with Crippen LogP contribution in [0.25, 0.3) is 0 Å². The number of methoxy groups -OCH3 is 2. The highest BCUT2D eigenvalue weighted by molar-refractivity contribution is 5.85. The molecule has 0 saturated heterocycles. The minimum absolute atomic E-state index is 0.276. The molecule has 0 spiro atoms. The molecular weight excluding hydrogens is 290 g/mol. The van der Waals surface area contributed by atoms with Gasteiger partial charge in [0.05, 0.1) is 19.8 Å². The largest absolute Gasteiger partial charge is 0.493 e. The number of hydrogen-bond acceptors (Lipinski definition) is 4. The van der Waals surface area contributed by atoms with Gasteiger partial charge in [0.1, 0.15) is 0 Å². The van der Waals surface area contributed by atoms with E-state index in [9.17, 15) is 0 Å². The van der Waals surface area contributed by atoms with Gasteiger partial charge >= 0.3 is 0 Å². The van der Waals surface area contributed by atoms with Gasteiger partial charge in [0.2, 0.25) is 0 Å². The van der Waals surface area contributed by atoms with Crippen LogP contribution in [0.15, 0.2) is 17.1 Å². The monoisotopic (exact) mass is 317 g/mol. The summed E-state index contributed by atoms with van der Waals surface area (Å²) in [5, 5.41) is 0. The van der Waals surface area contributed by atoms with Crippen LogP contribution in [0.2, 0.25) is 0 Å². The Morgan fingerprint density at radius 1 is 1.17 bits per heavy atom. The molecule has 1 aromatic carbocycles. The van der Waals surface area contributed by atoms with Gasteiger partial charge in [-0.15, -0.1) is 0 Å². The Labute approximate surface area is 138 Å². The molecule has 0 radical (unpaired) electrons. The fraction of sp³-hybridized carbons (Fsp3) is 0.632. The van der Waals surface area contributed by atoms with Crippen molar-refractivity contribution >= 4 is 6.21 Å². The van der Waals surface area contributed by atoms with Crippen molar-refractivity contribution in [2.45, 2.75) is 45.1 Å². The Kier molecular flexibility index (Phi) is 4.62. The molecule has 1 aliphatic heterocycles. The molecule has 1 aliphatic carbocycles. The Morgan fingerprint density at radius 3 is 2.74 bits per heavy atom. The van der Waals surface area contributed by atoms with Gasteiger partial charge in [0.15, 0.2) is 11.5 Å². The summed E-state index contributed by atoms with van der Waals surface area (Å²) in [7, 11) is 3.39.